The minimum Gasteiger partial charge on any atom is -0.348 e. The maximum absolute atomic E-state index is 12.2. The van der Waals surface area contributed by atoms with Gasteiger partial charge in [-0.3, -0.25) is 4.79 Å². The topological polar surface area (TPSA) is 63.2 Å². The Labute approximate surface area is 149 Å². The molecule has 0 aliphatic heterocycles. The van der Waals surface area contributed by atoms with E-state index in [9.17, 15) is 13.2 Å². The summed E-state index contributed by atoms with van der Waals surface area (Å²) in [6.07, 6.45) is 1.06. The maximum Gasteiger partial charge on any atom is 0.253 e. The molecular weight excluding hydrogens is 381 g/mol. The SMILES string of the molecule is CS(=O)(=O)c1ccc(Cl)c(C(=O)NCc2ccc(Cl)cc2Cl)c1. The van der Waals surface area contributed by atoms with Crippen LogP contribution in [0.5, 0.6) is 0 Å². The third kappa shape index (κ3) is 4.61. The molecule has 0 saturated heterocycles. The molecule has 2 aromatic rings. The third-order valence-electron chi connectivity index (χ3n) is 3.07. The summed E-state index contributed by atoms with van der Waals surface area (Å²) in [7, 11) is -3.43. The van der Waals surface area contributed by atoms with Gasteiger partial charge in [0, 0.05) is 22.8 Å². The maximum atomic E-state index is 12.2. The van der Waals surface area contributed by atoms with Crippen LogP contribution in [-0.4, -0.2) is 20.6 Å². The number of nitrogens with one attached hydrogen (secondary N) is 1. The van der Waals surface area contributed by atoms with Gasteiger partial charge in [0.2, 0.25) is 0 Å². The van der Waals surface area contributed by atoms with Crippen LogP contribution in [0.1, 0.15) is 15.9 Å². The molecule has 1 N–H and O–H groups in total. The molecule has 122 valence electrons. The molecule has 0 aliphatic carbocycles. The van der Waals surface area contributed by atoms with Crippen molar-refractivity contribution < 1.29 is 13.2 Å². The lowest BCUT2D eigenvalue weighted by Crippen LogP contribution is -2.23. The molecule has 8 heteroatoms. The Morgan fingerprint density at radius 3 is 2.35 bits per heavy atom. The number of hydrogen-bond acceptors (Lipinski definition) is 3. The molecule has 0 saturated carbocycles. The van der Waals surface area contributed by atoms with Crippen LogP contribution in [0.25, 0.3) is 0 Å². The summed E-state index contributed by atoms with van der Waals surface area (Å²) in [6.45, 7) is 0.161. The van der Waals surface area contributed by atoms with Crippen LogP contribution in [0.15, 0.2) is 41.3 Å². The molecule has 0 atom stereocenters. The number of halogens is 3. The number of carbonyl (C=O) groups excluding carboxylic acids is 1. The van der Waals surface area contributed by atoms with Crippen molar-refractivity contribution in [2.45, 2.75) is 11.4 Å². The molecule has 0 bridgehead atoms. The van der Waals surface area contributed by atoms with E-state index in [0.29, 0.717) is 15.6 Å². The van der Waals surface area contributed by atoms with Crippen molar-refractivity contribution in [2.75, 3.05) is 6.26 Å². The van der Waals surface area contributed by atoms with Gasteiger partial charge in [-0.15, -0.1) is 0 Å². The second kappa shape index (κ2) is 7.09. The minimum atomic E-state index is -3.43. The van der Waals surface area contributed by atoms with Crippen LogP contribution in [-0.2, 0) is 16.4 Å². The van der Waals surface area contributed by atoms with Crippen LogP contribution in [0.4, 0.5) is 0 Å². The van der Waals surface area contributed by atoms with Crippen LogP contribution >= 0.6 is 34.8 Å². The van der Waals surface area contributed by atoms with Gasteiger partial charge >= 0.3 is 0 Å². The number of benzene rings is 2. The lowest BCUT2D eigenvalue weighted by atomic mass is 10.2. The van der Waals surface area contributed by atoms with E-state index >= 15 is 0 Å². The van der Waals surface area contributed by atoms with Gasteiger partial charge in [-0.25, -0.2) is 8.42 Å². The summed E-state index contributed by atoms with van der Waals surface area (Å²) in [6, 6.07) is 8.90. The zero-order chi connectivity index (χ0) is 17.2. The zero-order valence-corrected chi connectivity index (χ0v) is 15.0. The number of carbonyl (C=O) groups is 1. The molecule has 2 rings (SSSR count). The van der Waals surface area contributed by atoms with Crippen molar-refractivity contribution in [1.29, 1.82) is 0 Å². The normalized spacial score (nSPS) is 11.3. The second-order valence-corrected chi connectivity index (χ2v) is 8.10. The Morgan fingerprint density at radius 1 is 1.04 bits per heavy atom. The molecule has 0 spiro atoms. The smallest absolute Gasteiger partial charge is 0.253 e. The van der Waals surface area contributed by atoms with Gasteiger partial charge < -0.3 is 5.32 Å². The number of rotatable bonds is 4. The van der Waals surface area contributed by atoms with Gasteiger partial charge in [0.1, 0.15) is 0 Å². The monoisotopic (exact) mass is 391 g/mol. The average molecular weight is 393 g/mol. The first-order valence-corrected chi connectivity index (χ1v) is 9.43. The highest BCUT2D eigenvalue weighted by molar-refractivity contribution is 7.90. The predicted molar refractivity (Wildman–Crippen MR) is 92.2 cm³/mol. The third-order valence-corrected chi connectivity index (χ3v) is 5.09. The Kier molecular flexibility index (Phi) is 5.57. The average Bonchev–Trinajstić information content (AvgIpc) is 2.45. The van der Waals surface area contributed by atoms with E-state index in [0.717, 1.165) is 6.26 Å². The lowest BCUT2D eigenvalue weighted by Gasteiger charge is -2.09. The van der Waals surface area contributed by atoms with Crippen LogP contribution in [0.3, 0.4) is 0 Å². The van der Waals surface area contributed by atoms with E-state index in [1.54, 1.807) is 18.2 Å². The van der Waals surface area contributed by atoms with E-state index in [1.807, 2.05) is 0 Å². The summed E-state index contributed by atoms with van der Waals surface area (Å²) in [5, 5.41) is 3.73. The predicted octanol–water partition coefficient (Wildman–Crippen LogP) is 3.98. The highest BCUT2D eigenvalue weighted by atomic mass is 35.5. The summed E-state index contributed by atoms with van der Waals surface area (Å²) in [4.78, 5) is 12.3. The molecule has 0 unspecified atom stereocenters. The number of hydrogen-bond donors (Lipinski definition) is 1. The molecule has 0 aliphatic rings. The van der Waals surface area contributed by atoms with Crippen LogP contribution in [0, 0.1) is 0 Å². The Balaban J connectivity index is 2.21. The number of sulfone groups is 1. The molecular formula is C15H12Cl3NO3S. The summed E-state index contributed by atoms with van der Waals surface area (Å²) in [5.41, 5.74) is 0.763. The minimum absolute atomic E-state index is 0.0246. The van der Waals surface area contributed by atoms with Gasteiger partial charge in [-0.05, 0) is 35.9 Å². The van der Waals surface area contributed by atoms with Crippen LogP contribution < -0.4 is 5.32 Å². The first kappa shape index (κ1) is 18.1. The Hall–Kier alpha value is -1.27. The molecule has 4 nitrogen and oxygen atoms in total. The van der Waals surface area contributed by atoms with Gasteiger partial charge in [-0.2, -0.15) is 0 Å². The van der Waals surface area contributed by atoms with E-state index in [4.69, 9.17) is 34.8 Å². The van der Waals surface area contributed by atoms with Crippen molar-refractivity contribution in [1.82, 2.24) is 5.32 Å². The molecule has 0 aromatic heterocycles. The number of amides is 1. The Bertz CT molecular complexity index is 866. The van der Waals surface area contributed by atoms with Gasteiger partial charge in [-0.1, -0.05) is 40.9 Å². The summed E-state index contributed by atoms with van der Waals surface area (Å²) >= 11 is 17.8. The molecule has 0 fully saturated rings. The van der Waals surface area contributed by atoms with Crippen molar-refractivity contribution in [3.05, 3.63) is 62.6 Å². The fraction of sp³-hybridized carbons (Fsp3) is 0.133. The largest absolute Gasteiger partial charge is 0.348 e. The molecule has 2 aromatic carbocycles. The first-order chi connectivity index (χ1) is 10.7. The summed E-state index contributed by atoms with van der Waals surface area (Å²) in [5.74, 6) is -0.494. The van der Waals surface area contributed by atoms with Crippen molar-refractivity contribution in [3.63, 3.8) is 0 Å². The van der Waals surface area contributed by atoms with Gasteiger partial charge in [0.05, 0.1) is 15.5 Å². The van der Waals surface area contributed by atoms with E-state index in [-0.39, 0.29) is 22.0 Å². The van der Waals surface area contributed by atoms with Crippen molar-refractivity contribution >= 4 is 50.5 Å². The van der Waals surface area contributed by atoms with E-state index < -0.39 is 15.7 Å². The molecule has 23 heavy (non-hydrogen) atoms. The zero-order valence-electron chi connectivity index (χ0n) is 11.9. The molecule has 0 heterocycles. The fourth-order valence-corrected chi connectivity index (χ4v) is 3.17. The van der Waals surface area contributed by atoms with E-state index in [2.05, 4.69) is 5.32 Å². The van der Waals surface area contributed by atoms with Crippen molar-refractivity contribution in [3.8, 4) is 0 Å². The van der Waals surface area contributed by atoms with Gasteiger partial charge in [0.15, 0.2) is 9.84 Å². The highest BCUT2D eigenvalue weighted by Gasteiger charge is 2.15. The second-order valence-electron chi connectivity index (χ2n) is 4.83. The summed E-state index contributed by atoms with van der Waals surface area (Å²) < 4.78 is 23.1. The van der Waals surface area contributed by atoms with Crippen molar-refractivity contribution in [2.24, 2.45) is 0 Å². The Morgan fingerprint density at radius 2 is 1.74 bits per heavy atom. The van der Waals surface area contributed by atoms with Crippen LogP contribution in [0.2, 0.25) is 15.1 Å². The lowest BCUT2D eigenvalue weighted by molar-refractivity contribution is 0.0951. The molecule has 0 radical (unpaired) electrons. The standard InChI is InChI=1S/C15H12Cl3NO3S/c1-23(21,22)11-4-5-13(17)12(7-11)15(20)19-8-9-2-3-10(16)6-14(9)18/h2-7H,8H2,1H3,(H,19,20). The quantitative estimate of drug-likeness (QED) is 0.856. The highest BCUT2D eigenvalue weighted by Crippen LogP contribution is 2.22. The van der Waals surface area contributed by atoms with Gasteiger partial charge in [0.25, 0.3) is 5.91 Å². The first-order valence-electron chi connectivity index (χ1n) is 6.40. The van der Waals surface area contributed by atoms with E-state index in [1.165, 1.54) is 18.2 Å². The molecule has 1 amide bonds. The fourth-order valence-electron chi connectivity index (χ4n) is 1.84.